The number of amides is 1. The van der Waals surface area contributed by atoms with E-state index in [-0.39, 0.29) is 11.7 Å². The van der Waals surface area contributed by atoms with Crippen LogP contribution >= 0.6 is 27.5 Å². The summed E-state index contributed by atoms with van der Waals surface area (Å²) < 4.78 is 30.5. The van der Waals surface area contributed by atoms with Crippen molar-refractivity contribution in [3.8, 4) is 5.75 Å². The van der Waals surface area contributed by atoms with Crippen LogP contribution in [0.4, 0.5) is 20.2 Å². The van der Waals surface area contributed by atoms with Gasteiger partial charge in [-0.1, -0.05) is 0 Å². The molecule has 1 aliphatic rings. The lowest BCUT2D eigenvalue weighted by Crippen LogP contribution is -2.43. The highest BCUT2D eigenvalue weighted by molar-refractivity contribution is 9.10. The number of nitrogens with zero attached hydrogens (tertiary/aromatic N) is 1. The molecule has 0 radical (unpaired) electrons. The van der Waals surface area contributed by atoms with Gasteiger partial charge < -0.3 is 20.3 Å². The summed E-state index contributed by atoms with van der Waals surface area (Å²) in [7, 11) is 1.93. The molecule has 0 aromatic heterocycles. The van der Waals surface area contributed by atoms with Gasteiger partial charge in [-0.25, -0.2) is 0 Å². The van der Waals surface area contributed by atoms with E-state index in [9.17, 15) is 13.6 Å². The van der Waals surface area contributed by atoms with E-state index in [1.54, 1.807) is 6.07 Å². The second-order valence-electron chi connectivity index (χ2n) is 7.41. The number of fused-ring (bicyclic) bond motifs is 1. The highest BCUT2D eigenvalue weighted by atomic mass is 79.9. The SMILES string of the molecule is CNCC1Cc2cc(C(=O)Nc3ccc(OC(F)(F)Cl)cc3)cc(Br)c2N1C(C)C. The molecule has 1 heterocycles. The fourth-order valence-electron chi connectivity index (χ4n) is 3.80. The lowest BCUT2D eigenvalue weighted by atomic mass is 10.1. The summed E-state index contributed by atoms with van der Waals surface area (Å²) >= 11 is 8.39. The van der Waals surface area contributed by atoms with Crippen LogP contribution in [0.15, 0.2) is 40.9 Å². The van der Waals surface area contributed by atoms with Crippen molar-refractivity contribution < 1.29 is 18.3 Å². The first-order valence-electron chi connectivity index (χ1n) is 9.51. The van der Waals surface area contributed by atoms with Crippen LogP contribution in [-0.4, -0.2) is 37.2 Å². The number of carbonyl (C=O) groups excluding carboxylic acids is 1. The highest BCUT2D eigenvalue weighted by Crippen LogP contribution is 2.40. The third-order valence-corrected chi connectivity index (χ3v) is 5.54. The van der Waals surface area contributed by atoms with E-state index >= 15 is 0 Å². The number of rotatable bonds is 7. The molecule has 5 nitrogen and oxygen atoms in total. The zero-order valence-electron chi connectivity index (χ0n) is 16.8. The van der Waals surface area contributed by atoms with Crippen LogP contribution in [0.2, 0.25) is 0 Å². The molecule has 2 aromatic rings. The molecule has 0 aliphatic carbocycles. The quantitative estimate of drug-likeness (QED) is 0.509. The summed E-state index contributed by atoms with van der Waals surface area (Å²) in [6.07, 6.45) is 0.840. The molecule has 0 fully saturated rings. The van der Waals surface area contributed by atoms with Gasteiger partial charge in [-0.15, -0.1) is 8.78 Å². The van der Waals surface area contributed by atoms with Crippen LogP contribution in [0.5, 0.6) is 5.75 Å². The van der Waals surface area contributed by atoms with Crippen molar-refractivity contribution >= 4 is 44.8 Å². The lowest BCUT2D eigenvalue weighted by Gasteiger charge is -2.32. The summed E-state index contributed by atoms with van der Waals surface area (Å²) in [5.41, 5.74) is -0.584. The molecule has 1 atom stereocenters. The van der Waals surface area contributed by atoms with Gasteiger partial charge in [0.05, 0.1) is 5.69 Å². The van der Waals surface area contributed by atoms with Crippen molar-refractivity contribution in [1.82, 2.24) is 5.32 Å². The fourth-order valence-corrected chi connectivity index (χ4v) is 4.59. The Balaban J connectivity index is 1.78. The third kappa shape index (κ3) is 5.22. The molecule has 1 amide bonds. The van der Waals surface area contributed by atoms with E-state index in [0.29, 0.717) is 23.3 Å². The second kappa shape index (κ2) is 9.08. The van der Waals surface area contributed by atoms with Crippen LogP contribution < -0.4 is 20.3 Å². The van der Waals surface area contributed by atoms with Gasteiger partial charge in [-0.05, 0) is 85.2 Å². The van der Waals surface area contributed by atoms with Gasteiger partial charge in [0.2, 0.25) is 0 Å². The van der Waals surface area contributed by atoms with E-state index in [0.717, 1.165) is 28.7 Å². The van der Waals surface area contributed by atoms with Gasteiger partial charge in [-0.2, -0.15) is 0 Å². The van der Waals surface area contributed by atoms with Crippen LogP contribution in [0, 0.1) is 0 Å². The smallest absolute Gasteiger partial charge is 0.420 e. The topological polar surface area (TPSA) is 53.6 Å². The largest absolute Gasteiger partial charge is 0.487 e. The highest BCUT2D eigenvalue weighted by Gasteiger charge is 2.33. The molecule has 2 aromatic carbocycles. The maximum absolute atomic E-state index is 12.8. The maximum atomic E-state index is 12.8. The average molecular weight is 503 g/mol. The van der Waals surface area contributed by atoms with E-state index in [1.165, 1.54) is 24.3 Å². The number of alkyl halides is 3. The number of carbonyl (C=O) groups is 1. The Hall–Kier alpha value is -1.90. The van der Waals surface area contributed by atoms with Crippen molar-refractivity contribution in [3.05, 3.63) is 52.0 Å². The standard InChI is InChI=1S/C21H23BrClF2N3O2/c1-12(2)28-16(11-26-3)9-13-8-14(10-18(22)19(13)28)20(29)27-15-4-6-17(7-5-15)30-21(23,24)25/h4-8,10,12,16,26H,9,11H2,1-3H3,(H,27,29). The summed E-state index contributed by atoms with van der Waals surface area (Å²) in [5, 5.41) is 6.01. The Morgan fingerprint density at radius 2 is 2.00 bits per heavy atom. The summed E-state index contributed by atoms with van der Waals surface area (Å²) in [6, 6.07) is 9.92. The summed E-state index contributed by atoms with van der Waals surface area (Å²) in [5.74, 6) is -0.388. The Morgan fingerprint density at radius 1 is 1.33 bits per heavy atom. The van der Waals surface area contributed by atoms with Crippen molar-refractivity contribution in [3.63, 3.8) is 0 Å². The molecule has 1 aliphatic heterocycles. The molecule has 9 heteroatoms. The van der Waals surface area contributed by atoms with Crippen molar-refractivity contribution in [2.24, 2.45) is 0 Å². The van der Waals surface area contributed by atoms with Crippen LogP contribution in [0.3, 0.4) is 0 Å². The predicted molar refractivity (Wildman–Crippen MR) is 119 cm³/mol. The van der Waals surface area contributed by atoms with E-state index < -0.39 is 5.57 Å². The minimum Gasteiger partial charge on any atom is -0.420 e. The minimum atomic E-state index is -3.78. The number of benzene rings is 2. The van der Waals surface area contributed by atoms with Gasteiger partial charge in [-0.3, -0.25) is 4.79 Å². The van der Waals surface area contributed by atoms with Crippen molar-refractivity contribution in [1.29, 1.82) is 0 Å². The normalized spacial score (nSPS) is 16.0. The molecule has 0 saturated carbocycles. The van der Waals surface area contributed by atoms with Crippen molar-refractivity contribution in [2.75, 3.05) is 23.8 Å². The first-order chi connectivity index (χ1) is 14.1. The molecule has 3 rings (SSSR count). The number of ether oxygens (including phenoxy) is 1. The molecule has 162 valence electrons. The van der Waals surface area contributed by atoms with Gasteiger partial charge in [0.25, 0.3) is 5.91 Å². The predicted octanol–water partition coefficient (Wildman–Crippen LogP) is 5.23. The van der Waals surface area contributed by atoms with E-state index in [4.69, 9.17) is 11.6 Å². The Labute approximate surface area is 187 Å². The number of likely N-dealkylation sites (N-methyl/N-ethyl adjacent to an activating group) is 1. The summed E-state index contributed by atoms with van der Waals surface area (Å²) in [4.78, 5) is 15.1. The van der Waals surface area contributed by atoms with Gasteiger partial charge >= 0.3 is 5.57 Å². The number of nitrogens with one attached hydrogen (secondary N) is 2. The van der Waals surface area contributed by atoms with Gasteiger partial charge in [0.15, 0.2) is 0 Å². The number of anilines is 2. The Morgan fingerprint density at radius 3 is 2.57 bits per heavy atom. The molecular formula is C21H23BrClF2N3O2. The zero-order chi connectivity index (χ0) is 22.1. The third-order valence-electron chi connectivity index (χ3n) is 4.85. The first kappa shape index (κ1) is 22.8. The molecule has 1 unspecified atom stereocenters. The van der Waals surface area contributed by atoms with Crippen molar-refractivity contribution in [2.45, 2.75) is 37.9 Å². The van der Waals surface area contributed by atoms with Crippen LogP contribution in [-0.2, 0) is 6.42 Å². The van der Waals surface area contributed by atoms with Gasteiger partial charge in [0, 0.05) is 46.0 Å². The number of hydrogen-bond donors (Lipinski definition) is 2. The number of halogens is 4. The molecule has 0 spiro atoms. The average Bonchev–Trinajstić information content (AvgIpc) is 3.01. The molecule has 0 saturated heterocycles. The lowest BCUT2D eigenvalue weighted by molar-refractivity contribution is -0.0964. The molecule has 0 bridgehead atoms. The second-order valence-corrected chi connectivity index (χ2v) is 8.70. The molecular weight excluding hydrogens is 480 g/mol. The Kier molecular flexibility index (Phi) is 6.89. The van der Waals surface area contributed by atoms with E-state index in [2.05, 4.69) is 50.0 Å². The monoisotopic (exact) mass is 501 g/mol. The van der Waals surface area contributed by atoms with Crippen LogP contribution in [0.25, 0.3) is 0 Å². The molecule has 30 heavy (non-hydrogen) atoms. The summed E-state index contributed by atoms with van der Waals surface area (Å²) in [6.45, 7) is 5.15. The first-order valence-corrected chi connectivity index (χ1v) is 10.7. The van der Waals surface area contributed by atoms with Crippen LogP contribution in [0.1, 0.15) is 29.8 Å². The zero-order valence-corrected chi connectivity index (χ0v) is 19.2. The number of hydrogen-bond acceptors (Lipinski definition) is 4. The maximum Gasteiger partial charge on any atom is 0.487 e. The molecule has 2 N–H and O–H groups in total. The van der Waals surface area contributed by atoms with E-state index in [1.807, 2.05) is 13.1 Å². The minimum absolute atomic E-state index is 0.0994. The Bertz CT molecular complexity index is 920. The fraction of sp³-hybridized carbons (Fsp3) is 0.381. The van der Waals surface area contributed by atoms with Gasteiger partial charge in [0.1, 0.15) is 5.75 Å².